The van der Waals surface area contributed by atoms with Crippen molar-refractivity contribution in [1.29, 1.82) is 0 Å². The molecule has 0 bridgehead atoms. The van der Waals surface area contributed by atoms with Crippen LogP contribution in [0.25, 0.3) is 0 Å². The van der Waals surface area contributed by atoms with Gasteiger partial charge in [0.25, 0.3) is 0 Å². The van der Waals surface area contributed by atoms with Gasteiger partial charge in [0, 0.05) is 19.3 Å². The average Bonchev–Trinajstić information content (AvgIpc) is 2.66. The van der Waals surface area contributed by atoms with Crippen molar-refractivity contribution >= 4 is 11.9 Å². The first-order chi connectivity index (χ1) is 7.15. The van der Waals surface area contributed by atoms with Gasteiger partial charge in [-0.1, -0.05) is 5.16 Å². The summed E-state index contributed by atoms with van der Waals surface area (Å²) in [6, 6.07) is 1.47. The van der Waals surface area contributed by atoms with Crippen LogP contribution in [0.5, 0.6) is 0 Å². The number of anilines is 1. The maximum Gasteiger partial charge on any atom is 0.316 e. The smallest absolute Gasteiger partial charge is 0.316 e. The quantitative estimate of drug-likeness (QED) is 0.735. The van der Waals surface area contributed by atoms with Crippen molar-refractivity contribution in [2.24, 2.45) is 0 Å². The first-order valence-electron chi connectivity index (χ1n) is 4.69. The number of nitrogen functional groups attached to an aromatic ring is 1. The number of hydrogen-bond acceptors (Lipinski definition) is 5. The number of carboxylic acids is 1. The van der Waals surface area contributed by atoms with Crippen LogP contribution >= 0.6 is 0 Å². The summed E-state index contributed by atoms with van der Waals surface area (Å²) in [5.41, 5.74) is 4.78. The minimum absolute atomic E-state index is 0.136. The molecule has 0 unspecified atom stereocenters. The van der Waals surface area contributed by atoms with E-state index in [4.69, 9.17) is 15.0 Å². The van der Waals surface area contributed by atoms with Crippen molar-refractivity contribution in [3.8, 4) is 0 Å². The van der Waals surface area contributed by atoms with Gasteiger partial charge in [0.15, 0.2) is 0 Å². The van der Waals surface area contributed by atoms with Gasteiger partial charge in [0.1, 0.15) is 11.1 Å². The van der Waals surface area contributed by atoms with E-state index >= 15 is 0 Å². The third-order valence-corrected chi connectivity index (χ3v) is 2.77. The summed E-state index contributed by atoms with van der Waals surface area (Å²) >= 11 is 0. The van der Waals surface area contributed by atoms with Crippen LogP contribution in [0, 0.1) is 0 Å². The molecule has 0 radical (unpaired) electrons. The second-order valence-corrected chi connectivity index (χ2v) is 3.61. The topological polar surface area (TPSA) is 98.6 Å². The number of rotatable bonds is 2. The number of carboxylic acid groups (broad SMARTS) is 1. The second kappa shape index (κ2) is 3.54. The van der Waals surface area contributed by atoms with Gasteiger partial charge >= 0.3 is 5.97 Å². The van der Waals surface area contributed by atoms with Gasteiger partial charge in [0.05, 0.1) is 0 Å². The summed E-state index contributed by atoms with van der Waals surface area (Å²) in [6.07, 6.45) is 0.794. The Morgan fingerprint density at radius 1 is 1.53 bits per heavy atom. The Morgan fingerprint density at radius 2 is 2.20 bits per heavy atom. The number of carbonyl (C=O) groups is 1. The molecular weight excluding hydrogens is 200 g/mol. The van der Waals surface area contributed by atoms with E-state index in [2.05, 4.69) is 5.16 Å². The third kappa shape index (κ3) is 1.56. The van der Waals surface area contributed by atoms with Crippen LogP contribution in [-0.2, 0) is 14.9 Å². The molecule has 0 spiro atoms. The zero-order valence-corrected chi connectivity index (χ0v) is 8.10. The lowest BCUT2D eigenvalue weighted by Gasteiger charge is -2.30. The molecule has 1 saturated heterocycles. The van der Waals surface area contributed by atoms with E-state index in [1.807, 2.05) is 0 Å². The molecule has 1 aromatic rings. The summed E-state index contributed by atoms with van der Waals surface area (Å²) in [6.45, 7) is 0.831. The van der Waals surface area contributed by atoms with E-state index in [1.54, 1.807) is 0 Å². The van der Waals surface area contributed by atoms with Gasteiger partial charge < -0.3 is 20.1 Å². The monoisotopic (exact) mass is 212 g/mol. The Hall–Kier alpha value is -1.56. The predicted molar refractivity (Wildman–Crippen MR) is 50.3 cm³/mol. The van der Waals surface area contributed by atoms with Crippen LogP contribution in [0.2, 0.25) is 0 Å². The molecule has 0 atom stereocenters. The maximum absolute atomic E-state index is 11.3. The molecule has 0 saturated carbocycles. The van der Waals surface area contributed by atoms with E-state index in [0.717, 1.165) is 0 Å². The highest BCUT2D eigenvalue weighted by Crippen LogP contribution is 2.35. The fourth-order valence-electron chi connectivity index (χ4n) is 1.81. The molecular formula is C9H12N2O4. The van der Waals surface area contributed by atoms with Crippen molar-refractivity contribution < 1.29 is 19.2 Å². The third-order valence-electron chi connectivity index (χ3n) is 2.77. The summed E-state index contributed by atoms with van der Waals surface area (Å²) < 4.78 is 9.87. The minimum Gasteiger partial charge on any atom is -0.481 e. The van der Waals surface area contributed by atoms with Crippen LogP contribution in [0.3, 0.4) is 0 Å². The summed E-state index contributed by atoms with van der Waals surface area (Å²) in [5.74, 6) is -0.767. The number of aliphatic carboxylic acids is 1. The molecule has 15 heavy (non-hydrogen) atoms. The fraction of sp³-hybridized carbons (Fsp3) is 0.556. The van der Waals surface area contributed by atoms with Crippen molar-refractivity contribution in [1.82, 2.24) is 5.16 Å². The van der Waals surface area contributed by atoms with Gasteiger partial charge in [-0.15, -0.1) is 0 Å². The molecule has 2 rings (SSSR count). The lowest BCUT2D eigenvalue weighted by molar-refractivity contribution is -0.148. The van der Waals surface area contributed by atoms with Gasteiger partial charge in [0.2, 0.25) is 5.88 Å². The van der Waals surface area contributed by atoms with E-state index < -0.39 is 11.4 Å². The van der Waals surface area contributed by atoms with Gasteiger partial charge in [-0.2, -0.15) is 0 Å². The number of aromatic nitrogens is 1. The van der Waals surface area contributed by atoms with E-state index in [1.165, 1.54) is 6.07 Å². The van der Waals surface area contributed by atoms with E-state index in [0.29, 0.717) is 31.7 Å². The number of nitrogens with zero attached hydrogens (tertiary/aromatic N) is 1. The predicted octanol–water partition coefficient (Wildman–Crippen LogP) is 0.390. The molecule has 1 aliphatic rings. The number of ether oxygens (including phenoxy) is 1. The number of nitrogens with two attached hydrogens (primary N) is 1. The zero-order chi connectivity index (χ0) is 10.9. The van der Waals surface area contributed by atoms with Gasteiger partial charge in [-0.3, -0.25) is 4.79 Å². The van der Waals surface area contributed by atoms with Gasteiger partial charge in [-0.25, -0.2) is 0 Å². The van der Waals surface area contributed by atoms with Crippen LogP contribution < -0.4 is 5.73 Å². The first kappa shape index (κ1) is 9.97. The number of hydrogen-bond donors (Lipinski definition) is 2. The Bertz CT molecular complexity index is 368. The molecule has 1 fully saturated rings. The Kier molecular flexibility index (Phi) is 2.36. The molecule has 6 nitrogen and oxygen atoms in total. The SMILES string of the molecule is Nc1cc(C2(C(=O)O)CCOCC2)no1. The highest BCUT2D eigenvalue weighted by Gasteiger charge is 2.44. The summed E-state index contributed by atoms with van der Waals surface area (Å²) in [5, 5.41) is 13.0. The van der Waals surface area contributed by atoms with Crippen molar-refractivity contribution in [3.63, 3.8) is 0 Å². The van der Waals surface area contributed by atoms with Crippen molar-refractivity contribution in [2.75, 3.05) is 18.9 Å². The standard InChI is InChI=1S/C9H12N2O4/c10-7-5-6(11-15-7)9(8(12)13)1-3-14-4-2-9/h5H,1-4,10H2,(H,12,13). The van der Waals surface area contributed by atoms with Crippen LogP contribution in [0.15, 0.2) is 10.6 Å². The largest absolute Gasteiger partial charge is 0.481 e. The average molecular weight is 212 g/mol. The van der Waals surface area contributed by atoms with Crippen LogP contribution in [0.1, 0.15) is 18.5 Å². The fourth-order valence-corrected chi connectivity index (χ4v) is 1.81. The lowest BCUT2D eigenvalue weighted by Crippen LogP contribution is -2.41. The second-order valence-electron chi connectivity index (χ2n) is 3.61. The lowest BCUT2D eigenvalue weighted by atomic mass is 9.77. The molecule has 6 heteroatoms. The molecule has 82 valence electrons. The highest BCUT2D eigenvalue weighted by atomic mass is 16.5. The molecule has 1 aliphatic heterocycles. The Balaban J connectivity index is 2.37. The first-order valence-corrected chi connectivity index (χ1v) is 4.69. The van der Waals surface area contributed by atoms with E-state index in [-0.39, 0.29) is 5.88 Å². The van der Waals surface area contributed by atoms with Crippen LogP contribution in [-0.4, -0.2) is 29.4 Å². The summed E-state index contributed by atoms with van der Waals surface area (Å²) in [4.78, 5) is 11.3. The molecule has 3 N–H and O–H groups in total. The zero-order valence-electron chi connectivity index (χ0n) is 8.10. The molecule has 0 amide bonds. The van der Waals surface area contributed by atoms with Crippen LogP contribution in [0.4, 0.5) is 5.88 Å². The maximum atomic E-state index is 11.3. The molecule has 1 aromatic heterocycles. The molecule has 0 aromatic carbocycles. The van der Waals surface area contributed by atoms with Crippen molar-refractivity contribution in [2.45, 2.75) is 18.3 Å². The Labute approximate surface area is 86.0 Å². The Morgan fingerprint density at radius 3 is 2.67 bits per heavy atom. The summed E-state index contributed by atoms with van der Waals surface area (Å²) in [7, 11) is 0. The van der Waals surface area contributed by atoms with Crippen molar-refractivity contribution in [3.05, 3.63) is 11.8 Å². The normalized spacial score (nSPS) is 20.0. The van der Waals surface area contributed by atoms with Gasteiger partial charge in [-0.05, 0) is 12.8 Å². The molecule has 2 heterocycles. The highest BCUT2D eigenvalue weighted by molar-refractivity contribution is 5.81. The minimum atomic E-state index is -1.00. The van der Waals surface area contributed by atoms with E-state index in [9.17, 15) is 9.90 Å². The molecule has 0 aliphatic carbocycles.